The van der Waals surface area contributed by atoms with Crippen molar-refractivity contribution in [2.45, 2.75) is 102 Å². The Morgan fingerprint density at radius 1 is 1.00 bits per heavy atom. The van der Waals surface area contributed by atoms with Gasteiger partial charge in [0.05, 0.1) is 33.5 Å². The van der Waals surface area contributed by atoms with E-state index in [0.29, 0.717) is 12.2 Å². The second-order valence-electron chi connectivity index (χ2n) is 14.0. The number of carbonyl (C=O) groups excluding carboxylic acids is 3. The van der Waals surface area contributed by atoms with E-state index in [1.165, 1.54) is 13.8 Å². The van der Waals surface area contributed by atoms with Crippen LogP contribution in [0.4, 0.5) is 5.82 Å². The Morgan fingerprint density at radius 2 is 1.68 bits per heavy atom. The smallest absolute Gasteiger partial charge is 0.274 e. The lowest BCUT2D eigenvalue weighted by molar-refractivity contribution is -0.347. The molecule has 1 fully saturated rings. The predicted octanol–water partition coefficient (Wildman–Crippen LogP) is -2.14. The summed E-state index contributed by atoms with van der Waals surface area (Å²) in [7, 11) is -17.6. The maximum atomic E-state index is 12.6. The molecular formula is C30H48N7O18P3S-4. The van der Waals surface area contributed by atoms with E-state index >= 15 is 0 Å². The SMILES string of the molecule is C[C@@H](O)CCCCCCC(=O)SCCNC(=O)CCNC(=O)[C@H](O)C(C)(C)COP(=O)([O-])OP(=O)([O-])OC[C@H]1O[C@@H](n2cnc3c(N)ncnc32)[C@H](O)[C@@H]1OP(=O)([O-])[O-]. The lowest BCUT2D eigenvalue weighted by Gasteiger charge is -2.36. The van der Waals surface area contributed by atoms with Crippen LogP contribution in [0.25, 0.3) is 11.2 Å². The maximum absolute atomic E-state index is 12.6. The van der Waals surface area contributed by atoms with Gasteiger partial charge < -0.3 is 74.1 Å². The Morgan fingerprint density at radius 3 is 2.36 bits per heavy atom. The summed E-state index contributed by atoms with van der Waals surface area (Å²) in [6.07, 6.45) is -3.38. The number of nitrogen functional groups attached to an aromatic ring is 1. The number of phosphoric acid groups is 3. The number of hydrogen-bond acceptors (Lipinski definition) is 23. The van der Waals surface area contributed by atoms with Crippen molar-refractivity contribution in [3.05, 3.63) is 12.7 Å². The standard InChI is InChI=1S/C30H52N7O18P3S/c1-18(38)8-6-4-5-7-9-21(40)59-13-12-32-20(39)10-11-33-28(43)25(42)30(2,3)15-52-58(49,50)55-57(47,48)51-14-19-24(54-56(44,45)46)23(41)29(53-19)37-17-36-22-26(31)34-16-35-27(22)37/h16-19,23-25,29,38,41-42H,4-15H2,1-3H3,(H,32,39)(H,33,43)(H,47,48)(H,49,50)(H2,31,34,35)(H2,44,45,46)/p-4/t18-,19-,23-,24-,25+,29-/m1/s1. The number of rotatable bonds is 26. The fourth-order valence-corrected chi connectivity index (χ4v) is 8.86. The van der Waals surface area contributed by atoms with E-state index in [1.54, 1.807) is 6.92 Å². The first-order valence-electron chi connectivity index (χ1n) is 18.1. The Labute approximate surface area is 342 Å². The number of unbranched alkanes of at least 4 members (excludes halogenated alkanes) is 3. The monoisotopic (exact) mass is 919 g/mol. The van der Waals surface area contributed by atoms with E-state index in [-0.39, 0.29) is 47.7 Å². The Bertz CT molecular complexity index is 1870. The number of phosphoric ester groups is 3. The molecule has 2 unspecified atom stereocenters. The third kappa shape index (κ3) is 17.1. The molecule has 3 heterocycles. The number of nitrogens with one attached hydrogen (secondary N) is 2. The first-order valence-corrected chi connectivity index (χ1v) is 23.4. The third-order valence-electron chi connectivity index (χ3n) is 8.49. The number of anilines is 1. The number of ether oxygens (including phenoxy) is 1. The van der Waals surface area contributed by atoms with Gasteiger partial charge in [-0.2, -0.15) is 0 Å². The molecule has 8 atom stereocenters. The second kappa shape index (κ2) is 22.6. The van der Waals surface area contributed by atoms with Gasteiger partial charge in [0.25, 0.3) is 15.6 Å². The van der Waals surface area contributed by atoms with Crippen LogP contribution in [-0.2, 0) is 50.7 Å². The van der Waals surface area contributed by atoms with E-state index in [4.69, 9.17) is 10.5 Å². The number of thioether (sulfide) groups is 1. The van der Waals surface area contributed by atoms with Crippen molar-refractivity contribution in [2.24, 2.45) is 5.41 Å². The highest BCUT2D eigenvalue weighted by atomic mass is 32.2. The first kappa shape index (κ1) is 50.9. The molecule has 2 aromatic heterocycles. The van der Waals surface area contributed by atoms with Gasteiger partial charge in [-0.3, -0.25) is 28.1 Å². The Hall–Kier alpha value is -2.48. The number of aliphatic hydroxyl groups excluding tert-OH is 3. The number of aliphatic hydroxyl groups is 3. The highest BCUT2D eigenvalue weighted by Crippen LogP contribution is 2.56. The number of amides is 2. The van der Waals surface area contributed by atoms with Crippen molar-refractivity contribution in [3.63, 3.8) is 0 Å². The van der Waals surface area contributed by atoms with Crippen molar-refractivity contribution < 1.29 is 85.6 Å². The summed E-state index contributed by atoms with van der Waals surface area (Å²) >= 11 is 1.09. The Balaban J connectivity index is 1.42. The van der Waals surface area contributed by atoms with Gasteiger partial charge in [-0.1, -0.05) is 44.9 Å². The highest BCUT2D eigenvalue weighted by Gasteiger charge is 2.47. The molecule has 2 aromatic rings. The lowest BCUT2D eigenvalue weighted by atomic mass is 9.87. The van der Waals surface area contributed by atoms with Crippen LogP contribution in [0.5, 0.6) is 0 Å². The van der Waals surface area contributed by atoms with Gasteiger partial charge >= 0.3 is 0 Å². The molecule has 3 rings (SSSR count). The van der Waals surface area contributed by atoms with Crippen LogP contribution >= 0.6 is 35.2 Å². The van der Waals surface area contributed by atoms with E-state index in [0.717, 1.165) is 61.1 Å². The molecule has 2 amide bonds. The highest BCUT2D eigenvalue weighted by molar-refractivity contribution is 8.13. The quantitative estimate of drug-likeness (QED) is 0.0433. The van der Waals surface area contributed by atoms with Crippen molar-refractivity contribution >= 4 is 69.1 Å². The zero-order valence-corrected chi connectivity index (χ0v) is 35.7. The van der Waals surface area contributed by atoms with Crippen LogP contribution in [0.2, 0.25) is 0 Å². The number of carbonyl (C=O) groups is 3. The number of aromatic nitrogens is 4. The summed E-state index contributed by atoms with van der Waals surface area (Å²) in [6, 6.07) is 0. The van der Waals surface area contributed by atoms with E-state index in [1.807, 2.05) is 0 Å². The van der Waals surface area contributed by atoms with Gasteiger partial charge in [0.1, 0.15) is 36.3 Å². The van der Waals surface area contributed by atoms with Gasteiger partial charge in [0.15, 0.2) is 22.8 Å². The molecule has 0 spiro atoms. The van der Waals surface area contributed by atoms with E-state index in [2.05, 4.69) is 43.5 Å². The second-order valence-corrected chi connectivity index (χ2v) is 19.2. The summed E-state index contributed by atoms with van der Waals surface area (Å²) < 4.78 is 60.6. The lowest BCUT2D eigenvalue weighted by Crippen LogP contribution is -2.46. The van der Waals surface area contributed by atoms with Crippen LogP contribution in [0.3, 0.4) is 0 Å². The number of nitrogens with zero attached hydrogens (tertiary/aromatic N) is 4. The molecule has 1 aliphatic heterocycles. The average Bonchev–Trinajstić information content (AvgIpc) is 3.69. The maximum Gasteiger partial charge on any atom is 0.274 e. The summed E-state index contributed by atoms with van der Waals surface area (Å²) in [6.45, 7) is 1.82. The number of nitrogens with two attached hydrogens (primary N) is 1. The topological polar surface area (TPSA) is 395 Å². The number of hydrogen-bond donors (Lipinski definition) is 6. The van der Waals surface area contributed by atoms with Crippen molar-refractivity contribution in [2.75, 3.05) is 37.8 Å². The molecule has 336 valence electrons. The summed E-state index contributed by atoms with van der Waals surface area (Å²) in [5.74, 6) is -1.21. The zero-order chi connectivity index (χ0) is 44.2. The average molecular weight is 920 g/mol. The molecule has 29 heteroatoms. The molecule has 25 nitrogen and oxygen atoms in total. The molecule has 1 aliphatic rings. The van der Waals surface area contributed by atoms with Gasteiger partial charge in [-0.25, -0.2) is 19.3 Å². The van der Waals surface area contributed by atoms with E-state index < -0.39 is 84.6 Å². The number of imidazole rings is 1. The van der Waals surface area contributed by atoms with Crippen LogP contribution in [-0.4, -0.2) is 114 Å². The minimum Gasteiger partial charge on any atom is -0.790 e. The minimum absolute atomic E-state index is 0.00425. The normalized spacial score (nSPS) is 21.7. The van der Waals surface area contributed by atoms with Crippen molar-refractivity contribution in [1.82, 2.24) is 30.2 Å². The van der Waals surface area contributed by atoms with Crippen LogP contribution in [0, 0.1) is 5.41 Å². The first-order chi connectivity index (χ1) is 27.4. The van der Waals surface area contributed by atoms with Crippen molar-refractivity contribution in [3.8, 4) is 0 Å². The summed E-state index contributed by atoms with van der Waals surface area (Å²) in [5, 5.41) is 35.5. The Kier molecular flexibility index (Phi) is 19.5. The van der Waals surface area contributed by atoms with Gasteiger partial charge in [-0.05, 0) is 19.8 Å². The molecule has 1 saturated heterocycles. The number of fused-ring (bicyclic) bond motifs is 1. The van der Waals surface area contributed by atoms with Gasteiger partial charge in [0.2, 0.25) is 11.8 Å². The molecular weight excluding hydrogens is 871 g/mol. The third-order valence-corrected chi connectivity index (χ3v) is 12.4. The molecule has 0 radical (unpaired) electrons. The van der Waals surface area contributed by atoms with Crippen LogP contribution in [0.15, 0.2) is 12.7 Å². The predicted molar refractivity (Wildman–Crippen MR) is 198 cm³/mol. The van der Waals surface area contributed by atoms with Gasteiger partial charge in [0, 0.05) is 37.1 Å². The fourth-order valence-electron chi connectivity index (χ4n) is 5.41. The summed E-state index contributed by atoms with van der Waals surface area (Å²) in [5.41, 5.74) is 4.06. The molecule has 0 bridgehead atoms. The molecule has 0 aliphatic carbocycles. The summed E-state index contributed by atoms with van der Waals surface area (Å²) in [4.78, 5) is 96.2. The molecule has 59 heavy (non-hydrogen) atoms. The minimum atomic E-state index is -5.92. The van der Waals surface area contributed by atoms with Crippen LogP contribution < -0.4 is 35.9 Å². The fraction of sp³-hybridized carbons (Fsp3) is 0.733. The van der Waals surface area contributed by atoms with Crippen LogP contribution in [0.1, 0.15) is 71.9 Å². The van der Waals surface area contributed by atoms with E-state index in [9.17, 15) is 63.0 Å². The molecule has 0 aromatic carbocycles. The van der Waals surface area contributed by atoms with Crippen molar-refractivity contribution in [1.29, 1.82) is 0 Å². The molecule has 0 saturated carbocycles. The molecule has 7 N–H and O–H groups in total. The van der Waals surface area contributed by atoms with Gasteiger partial charge in [-0.15, -0.1) is 0 Å². The largest absolute Gasteiger partial charge is 0.790 e. The zero-order valence-electron chi connectivity index (χ0n) is 32.2.